The Bertz CT molecular complexity index is 1070. The summed E-state index contributed by atoms with van der Waals surface area (Å²) in [7, 11) is 0. The van der Waals surface area contributed by atoms with Gasteiger partial charge in [0.15, 0.2) is 0 Å². The predicted octanol–water partition coefficient (Wildman–Crippen LogP) is 3.23. The molecule has 1 heterocycles. The van der Waals surface area contributed by atoms with Crippen molar-refractivity contribution in [3.63, 3.8) is 0 Å². The Morgan fingerprint density at radius 2 is 1.46 bits per heavy atom. The van der Waals surface area contributed by atoms with E-state index in [0.717, 1.165) is 5.01 Å². The molecule has 0 aromatic heterocycles. The van der Waals surface area contributed by atoms with Gasteiger partial charge in [0.25, 0.3) is 0 Å². The van der Waals surface area contributed by atoms with Gasteiger partial charge in [0, 0.05) is 5.56 Å². The number of carbonyl (C=O) groups is 1. The third-order valence-corrected chi connectivity index (χ3v) is 4.42. The fraction of sp³-hybridized carbons (Fsp3) is 0.0476. The smallest absolute Gasteiger partial charge is 0.377 e. The molecule has 1 atom stereocenters. The molecule has 7 nitrogen and oxygen atoms in total. The molecule has 1 unspecified atom stereocenters. The van der Waals surface area contributed by atoms with Crippen molar-refractivity contribution >= 4 is 17.6 Å². The minimum absolute atomic E-state index is 0.0135. The van der Waals surface area contributed by atoms with Crippen LogP contribution in [0, 0.1) is 0 Å². The minimum Gasteiger partial charge on any atom is -0.507 e. The van der Waals surface area contributed by atoms with E-state index in [9.17, 15) is 20.1 Å². The van der Waals surface area contributed by atoms with Gasteiger partial charge in [-0.2, -0.15) is 0 Å². The number of para-hydroxylation sites is 3. The van der Waals surface area contributed by atoms with Gasteiger partial charge in [-0.3, -0.25) is 0 Å². The SMILES string of the molecule is O=C(O)C1(c2ccccc2O)OC(c2ccccc2)=NN1c1ccccc1O. The van der Waals surface area contributed by atoms with E-state index in [4.69, 9.17) is 4.74 Å². The highest BCUT2D eigenvalue weighted by Crippen LogP contribution is 2.45. The van der Waals surface area contributed by atoms with Crippen LogP contribution >= 0.6 is 0 Å². The molecule has 3 aromatic rings. The van der Waals surface area contributed by atoms with Crippen molar-refractivity contribution in [1.29, 1.82) is 0 Å². The molecule has 3 aromatic carbocycles. The second-order valence-corrected chi connectivity index (χ2v) is 6.14. The van der Waals surface area contributed by atoms with E-state index in [0.29, 0.717) is 5.56 Å². The van der Waals surface area contributed by atoms with Crippen LogP contribution < -0.4 is 5.01 Å². The lowest BCUT2D eigenvalue weighted by molar-refractivity contribution is -0.156. The number of phenolic OH excluding ortho intramolecular Hbond substituents is 2. The van der Waals surface area contributed by atoms with Crippen LogP contribution in [0.2, 0.25) is 0 Å². The largest absolute Gasteiger partial charge is 0.507 e. The molecule has 0 amide bonds. The molecule has 28 heavy (non-hydrogen) atoms. The van der Waals surface area contributed by atoms with Crippen LogP contribution in [0.4, 0.5) is 5.69 Å². The molecule has 0 fully saturated rings. The van der Waals surface area contributed by atoms with Gasteiger partial charge < -0.3 is 20.1 Å². The van der Waals surface area contributed by atoms with Crippen molar-refractivity contribution < 1.29 is 24.9 Å². The summed E-state index contributed by atoms with van der Waals surface area (Å²) in [5.74, 6) is -1.79. The van der Waals surface area contributed by atoms with Gasteiger partial charge in [-0.15, -0.1) is 5.10 Å². The average Bonchev–Trinajstić information content (AvgIpc) is 3.11. The summed E-state index contributed by atoms with van der Waals surface area (Å²) < 4.78 is 5.89. The number of nitrogens with zero attached hydrogens (tertiary/aromatic N) is 2. The highest BCUT2D eigenvalue weighted by atomic mass is 16.6. The zero-order chi connectivity index (χ0) is 19.7. The second kappa shape index (κ2) is 6.62. The van der Waals surface area contributed by atoms with E-state index in [-0.39, 0.29) is 28.6 Å². The van der Waals surface area contributed by atoms with Crippen molar-refractivity contribution in [1.82, 2.24) is 0 Å². The fourth-order valence-electron chi connectivity index (χ4n) is 3.11. The Hall–Kier alpha value is -4.00. The summed E-state index contributed by atoms with van der Waals surface area (Å²) in [6.45, 7) is 0. The first kappa shape index (κ1) is 17.4. The standard InChI is InChI=1S/C21H16N2O5/c24-17-12-6-4-10-15(17)21(20(26)27)23(16-11-5-7-13-18(16)25)22-19(28-21)14-8-2-1-3-9-14/h1-13,24-25H,(H,26,27). The molecular formula is C21H16N2O5. The van der Waals surface area contributed by atoms with Gasteiger partial charge in [-0.05, 0) is 36.4 Å². The summed E-state index contributed by atoms with van der Waals surface area (Å²) in [5.41, 5.74) is -1.53. The van der Waals surface area contributed by atoms with Crippen LogP contribution in [0.3, 0.4) is 0 Å². The summed E-state index contributed by atoms with van der Waals surface area (Å²) in [6, 6.07) is 21.0. The molecule has 0 bridgehead atoms. The first-order chi connectivity index (χ1) is 13.5. The van der Waals surface area contributed by atoms with Crippen LogP contribution in [-0.4, -0.2) is 27.2 Å². The normalized spacial score (nSPS) is 18.4. The molecule has 140 valence electrons. The number of carboxylic acids is 1. The zero-order valence-electron chi connectivity index (χ0n) is 14.6. The van der Waals surface area contributed by atoms with E-state index in [1.807, 2.05) is 6.07 Å². The number of aliphatic carboxylic acids is 1. The minimum atomic E-state index is -2.20. The lowest BCUT2D eigenvalue weighted by atomic mass is 10.00. The molecule has 3 N–H and O–H groups in total. The van der Waals surface area contributed by atoms with Crippen LogP contribution in [0.5, 0.6) is 11.5 Å². The zero-order valence-corrected chi connectivity index (χ0v) is 14.6. The molecule has 0 saturated heterocycles. The van der Waals surface area contributed by atoms with E-state index in [1.54, 1.807) is 48.5 Å². The van der Waals surface area contributed by atoms with Gasteiger partial charge in [0.05, 0.1) is 5.56 Å². The number of ether oxygens (including phenoxy) is 1. The number of hydrogen-bond acceptors (Lipinski definition) is 6. The molecule has 1 aliphatic heterocycles. The number of rotatable bonds is 4. The van der Waals surface area contributed by atoms with Crippen LogP contribution in [0.15, 0.2) is 84.0 Å². The molecule has 0 aliphatic carbocycles. The highest BCUT2D eigenvalue weighted by Gasteiger charge is 2.56. The Kier molecular flexibility index (Phi) is 4.12. The maximum Gasteiger partial charge on any atom is 0.377 e. The van der Waals surface area contributed by atoms with Gasteiger partial charge in [0.1, 0.15) is 17.2 Å². The van der Waals surface area contributed by atoms with E-state index < -0.39 is 11.7 Å². The van der Waals surface area contributed by atoms with Crippen LogP contribution in [0.25, 0.3) is 0 Å². The van der Waals surface area contributed by atoms with E-state index >= 15 is 0 Å². The van der Waals surface area contributed by atoms with Gasteiger partial charge >= 0.3 is 11.7 Å². The number of anilines is 1. The van der Waals surface area contributed by atoms with E-state index in [1.165, 1.54) is 24.3 Å². The van der Waals surface area contributed by atoms with Crippen molar-refractivity contribution in [3.05, 3.63) is 90.0 Å². The Labute approximate surface area is 160 Å². The third kappa shape index (κ3) is 2.61. The topological polar surface area (TPSA) is 103 Å². The molecule has 4 rings (SSSR count). The molecule has 0 spiro atoms. The second-order valence-electron chi connectivity index (χ2n) is 6.14. The highest BCUT2D eigenvalue weighted by molar-refractivity contribution is 6.01. The maximum absolute atomic E-state index is 12.5. The quantitative estimate of drug-likeness (QED) is 0.646. The molecular weight excluding hydrogens is 360 g/mol. The summed E-state index contributed by atoms with van der Waals surface area (Å²) in [4.78, 5) is 12.5. The average molecular weight is 376 g/mol. The van der Waals surface area contributed by atoms with Crippen LogP contribution in [-0.2, 0) is 15.3 Å². The van der Waals surface area contributed by atoms with Crippen molar-refractivity contribution in [2.75, 3.05) is 5.01 Å². The molecule has 7 heteroatoms. The van der Waals surface area contributed by atoms with Crippen molar-refractivity contribution in [3.8, 4) is 11.5 Å². The fourth-order valence-corrected chi connectivity index (χ4v) is 3.11. The van der Waals surface area contributed by atoms with Crippen molar-refractivity contribution in [2.24, 2.45) is 5.10 Å². The number of phenols is 2. The number of hydrazone groups is 1. The molecule has 1 aliphatic rings. The lowest BCUT2D eigenvalue weighted by Gasteiger charge is -2.33. The van der Waals surface area contributed by atoms with Gasteiger partial charge in [-0.25, -0.2) is 9.80 Å². The number of carboxylic acid groups (broad SMARTS) is 1. The Morgan fingerprint density at radius 3 is 2.11 bits per heavy atom. The monoisotopic (exact) mass is 376 g/mol. The Balaban J connectivity index is 1.97. The Morgan fingerprint density at radius 1 is 0.857 bits per heavy atom. The maximum atomic E-state index is 12.5. The van der Waals surface area contributed by atoms with Gasteiger partial charge in [-0.1, -0.05) is 42.5 Å². The summed E-state index contributed by atoms with van der Waals surface area (Å²) in [6.07, 6.45) is 0. The summed E-state index contributed by atoms with van der Waals surface area (Å²) in [5, 5.41) is 36.4. The number of aromatic hydroxyl groups is 2. The first-order valence-electron chi connectivity index (χ1n) is 8.47. The van der Waals surface area contributed by atoms with Gasteiger partial charge in [0.2, 0.25) is 5.90 Å². The predicted molar refractivity (Wildman–Crippen MR) is 102 cm³/mol. The van der Waals surface area contributed by atoms with Crippen LogP contribution in [0.1, 0.15) is 11.1 Å². The molecule has 0 saturated carbocycles. The molecule has 0 radical (unpaired) electrons. The first-order valence-corrected chi connectivity index (χ1v) is 8.47. The summed E-state index contributed by atoms with van der Waals surface area (Å²) >= 11 is 0. The number of benzene rings is 3. The lowest BCUT2D eigenvalue weighted by Crippen LogP contribution is -2.49. The van der Waals surface area contributed by atoms with E-state index in [2.05, 4.69) is 5.10 Å². The number of hydrogen-bond donors (Lipinski definition) is 3. The third-order valence-electron chi connectivity index (χ3n) is 4.42. The van der Waals surface area contributed by atoms with Crippen molar-refractivity contribution in [2.45, 2.75) is 5.72 Å².